The molecule has 0 nitrogen and oxygen atoms in total. The molecule has 4 atom stereocenters. The lowest BCUT2D eigenvalue weighted by molar-refractivity contribution is 0.113. The van der Waals surface area contributed by atoms with E-state index in [1.807, 2.05) is 0 Å². The van der Waals surface area contributed by atoms with Crippen LogP contribution in [0.25, 0.3) is 10.8 Å². The van der Waals surface area contributed by atoms with Crippen LogP contribution in [0.3, 0.4) is 0 Å². The highest BCUT2D eigenvalue weighted by molar-refractivity contribution is 5.84. The van der Waals surface area contributed by atoms with Gasteiger partial charge in [-0.2, -0.15) is 0 Å². The summed E-state index contributed by atoms with van der Waals surface area (Å²) in [5.74, 6) is 3.86. The molecule has 2 fully saturated rings. The predicted molar refractivity (Wildman–Crippen MR) is 128 cm³/mol. The first-order valence-corrected chi connectivity index (χ1v) is 12.4. The van der Waals surface area contributed by atoms with Gasteiger partial charge >= 0.3 is 0 Å². The predicted octanol–water partition coefficient (Wildman–Crippen LogP) is 8.84. The second-order valence-corrected chi connectivity index (χ2v) is 9.90. The van der Waals surface area contributed by atoms with E-state index in [1.165, 1.54) is 74.1 Å². The second kappa shape index (κ2) is 9.96. The smallest absolute Gasteiger partial charge is 0.0159 e. The number of allylic oxidation sites excluding steroid dienone is 2. The van der Waals surface area contributed by atoms with Gasteiger partial charge < -0.3 is 0 Å². The van der Waals surface area contributed by atoms with E-state index in [4.69, 9.17) is 0 Å². The Morgan fingerprint density at radius 3 is 2.55 bits per heavy atom. The molecule has 0 saturated heterocycles. The molecule has 0 N–H and O–H groups in total. The van der Waals surface area contributed by atoms with Gasteiger partial charge in [0, 0.05) is 0 Å². The van der Waals surface area contributed by atoms with Gasteiger partial charge in [-0.3, -0.25) is 0 Å². The number of unbranched alkanes of at least 4 members (excludes halogenated alkanes) is 1. The number of rotatable bonds is 7. The summed E-state index contributed by atoms with van der Waals surface area (Å²) in [4.78, 5) is 0. The Morgan fingerprint density at radius 1 is 0.897 bits per heavy atom. The molecule has 0 amide bonds. The number of hydrogen-bond donors (Lipinski definition) is 0. The monoisotopic (exact) mass is 388 g/mol. The standard InChI is InChI=1S/C29H40/c1-3-5-7-9-23-11-13-27-21-29(17-15-25(27)19-23)28-16-14-24-18-22(8-6-4-2)10-12-26(24)20-28/h3,5,11,13,15,17,19,21-22,24,26,28H,4,6-10,12,14,16,18,20H2,1-2H3/b5-3+. The minimum atomic E-state index is 0.794. The highest BCUT2D eigenvalue weighted by Gasteiger charge is 2.35. The quantitative estimate of drug-likeness (QED) is 0.415. The van der Waals surface area contributed by atoms with Crippen molar-refractivity contribution in [3.63, 3.8) is 0 Å². The van der Waals surface area contributed by atoms with E-state index < -0.39 is 0 Å². The van der Waals surface area contributed by atoms with Gasteiger partial charge in [-0.15, -0.1) is 0 Å². The molecule has 156 valence electrons. The largest absolute Gasteiger partial charge is 0.0917 e. The normalized spacial score (nSPS) is 27.4. The van der Waals surface area contributed by atoms with E-state index in [9.17, 15) is 0 Å². The van der Waals surface area contributed by atoms with Crippen LogP contribution in [0.4, 0.5) is 0 Å². The molecule has 2 aromatic rings. The van der Waals surface area contributed by atoms with Gasteiger partial charge in [0.15, 0.2) is 0 Å². The Kier molecular flexibility index (Phi) is 7.11. The summed E-state index contributed by atoms with van der Waals surface area (Å²) >= 11 is 0. The molecule has 0 heteroatoms. The molecule has 2 aliphatic carbocycles. The first-order chi connectivity index (χ1) is 14.3. The maximum absolute atomic E-state index is 2.50. The number of hydrogen-bond acceptors (Lipinski definition) is 0. The Labute approximate surface area is 178 Å². The molecule has 4 rings (SSSR count). The highest BCUT2D eigenvalue weighted by atomic mass is 14.4. The van der Waals surface area contributed by atoms with Crippen molar-refractivity contribution >= 4 is 10.8 Å². The summed E-state index contributed by atoms with van der Waals surface area (Å²) < 4.78 is 0. The lowest BCUT2D eigenvalue weighted by Gasteiger charge is -2.42. The second-order valence-electron chi connectivity index (χ2n) is 9.90. The van der Waals surface area contributed by atoms with Crippen LogP contribution in [-0.2, 0) is 6.42 Å². The highest BCUT2D eigenvalue weighted by Crippen LogP contribution is 2.48. The molecule has 0 heterocycles. The van der Waals surface area contributed by atoms with Crippen molar-refractivity contribution in [2.75, 3.05) is 0 Å². The van der Waals surface area contributed by atoms with Crippen LogP contribution >= 0.6 is 0 Å². The molecule has 0 aliphatic heterocycles. The van der Waals surface area contributed by atoms with Crippen molar-refractivity contribution in [1.29, 1.82) is 0 Å². The zero-order valence-corrected chi connectivity index (χ0v) is 18.7. The SMILES string of the molecule is C/C=C/CCc1ccc2cc(C3CCC4CC(CCCC)CCC4C3)ccc2c1. The van der Waals surface area contributed by atoms with E-state index in [1.54, 1.807) is 5.56 Å². The third-order valence-electron chi connectivity index (χ3n) is 7.92. The topological polar surface area (TPSA) is 0 Å². The zero-order valence-electron chi connectivity index (χ0n) is 18.7. The van der Waals surface area contributed by atoms with Crippen LogP contribution in [0, 0.1) is 17.8 Å². The summed E-state index contributed by atoms with van der Waals surface area (Å²) in [6.45, 7) is 4.44. The maximum Gasteiger partial charge on any atom is -0.0159 e. The van der Waals surface area contributed by atoms with Crippen molar-refractivity contribution in [2.24, 2.45) is 17.8 Å². The number of fused-ring (bicyclic) bond motifs is 2. The first-order valence-electron chi connectivity index (χ1n) is 12.4. The lowest BCUT2D eigenvalue weighted by Crippen LogP contribution is -2.30. The van der Waals surface area contributed by atoms with Gasteiger partial charge in [0.25, 0.3) is 0 Å². The van der Waals surface area contributed by atoms with E-state index in [0.29, 0.717) is 0 Å². The summed E-state index contributed by atoms with van der Waals surface area (Å²) in [5.41, 5.74) is 3.06. The van der Waals surface area contributed by atoms with Gasteiger partial charge in [-0.1, -0.05) is 81.2 Å². The summed E-state index contributed by atoms with van der Waals surface area (Å²) in [7, 11) is 0. The minimum absolute atomic E-state index is 0.794. The van der Waals surface area contributed by atoms with Gasteiger partial charge in [-0.25, -0.2) is 0 Å². The third-order valence-corrected chi connectivity index (χ3v) is 7.92. The molecule has 2 aromatic carbocycles. The average molecular weight is 389 g/mol. The fraction of sp³-hybridized carbons (Fsp3) is 0.586. The van der Waals surface area contributed by atoms with Gasteiger partial charge in [-0.05, 0) is 97.4 Å². The molecule has 29 heavy (non-hydrogen) atoms. The van der Waals surface area contributed by atoms with Crippen LogP contribution < -0.4 is 0 Å². The summed E-state index contributed by atoms with van der Waals surface area (Å²) in [6.07, 6.45) is 19.9. The summed E-state index contributed by atoms with van der Waals surface area (Å²) in [5, 5.41) is 2.85. The van der Waals surface area contributed by atoms with Crippen LogP contribution in [0.2, 0.25) is 0 Å². The number of aryl methyl sites for hydroxylation is 1. The molecule has 0 bridgehead atoms. The summed E-state index contributed by atoms with van der Waals surface area (Å²) in [6, 6.07) is 14.4. The van der Waals surface area contributed by atoms with Crippen molar-refractivity contribution in [3.05, 3.63) is 59.7 Å². The Hall–Kier alpha value is -1.56. The molecule has 0 spiro atoms. The molecule has 0 radical (unpaired) electrons. The third kappa shape index (κ3) is 5.14. The van der Waals surface area contributed by atoms with Crippen LogP contribution in [0.1, 0.15) is 95.1 Å². The van der Waals surface area contributed by atoms with E-state index in [2.05, 4.69) is 62.4 Å². The molecule has 0 aromatic heterocycles. The van der Waals surface area contributed by atoms with Gasteiger partial charge in [0.1, 0.15) is 0 Å². The number of benzene rings is 2. The van der Waals surface area contributed by atoms with Crippen LogP contribution in [-0.4, -0.2) is 0 Å². The maximum atomic E-state index is 2.50. The Balaban J connectivity index is 1.39. The minimum Gasteiger partial charge on any atom is -0.0917 e. The van der Waals surface area contributed by atoms with Crippen molar-refractivity contribution in [3.8, 4) is 0 Å². The van der Waals surface area contributed by atoms with E-state index in [-0.39, 0.29) is 0 Å². The fourth-order valence-electron chi connectivity index (χ4n) is 6.18. The molecule has 2 aliphatic rings. The average Bonchev–Trinajstić information content (AvgIpc) is 2.77. The first kappa shape index (κ1) is 20.7. The van der Waals surface area contributed by atoms with Gasteiger partial charge in [0.2, 0.25) is 0 Å². The van der Waals surface area contributed by atoms with Crippen LogP contribution in [0.15, 0.2) is 48.6 Å². The zero-order chi connectivity index (χ0) is 20.1. The Bertz CT molecular complexity index is 814. The molecule has 2 saturated carbocycles. The van der Waals surface area contributed by atoms with Gasteiger partial charge in [0.05, 0.1) is 0 Å². The fourth-order valence-corrected chi connectivity index (χ4v) is 6.18. The van der Waals surface area contributed by atoms with Crippen molar-refractivity contribution < 1.29 is 0 Å². The molecular formula is C29H40. The van der Waals surface area contributed by atoms with E-state index >= 15 is 0 Å². The van der Waals surface area contributed by atoms with Crippen molar-refractivity contribution in [2.45, 2.75) is 90.4 Å². The van der Waals surface area contributed by atoms with Crippen LogP contribution in [0.5, 0.6) is 0 Å². The Morgan fingerprint density at radius 2 is 1.69 bits per heavy atom. The lowest BCUT2D eigenvalue weighted by atomic mass is 9.63. The van der Waals surface area contributed by atoms with E-state index in [0.717, 1.165) is 36.5 Å². The molecule has 4 unspecified atom stereocenters. The molecular weight excluding hydrogens is 348 g/mol. The van der Waals surface area contributed by atoms with Crippen molar-refractivity contribution in [1.82, 2.24) is 0 Å².